The first-order valence-corrected chi connectivity index (χ1v) is 11.7. The first kappa shape index (κ1) is 23.5. The molecule has 2 aromatic heterocycles. The third-order valence-corrected chi connectivity index (χ3v) is 6.50. The summed E-state index contributed by atoms with van der Waals surface area (Å²) in [4.78, 5) is 17.7. The third kappa shape index (κ3) is 4.68. The molecule has 6 nitrogen and oxygen atoms in total. The number of piperazine rings is 1. The number of allylic oxidation sites excluding steroid dienone is 7. The summed E-state index contributed by atoms with van der Waals surface area (Å²) in [5.74, 6) is 1.02. The second-order valence-electron chi connectivity index (χ2n) is 8.78. The number of hydrogen-bond acceptors (Lipinski definition) is 5. The molecule has 0 bridgehead atoms. The number of H-pyrrole nitrogens is 1. The lowest BCUT2D eigenvalue weighted by atomic mass is 9.95. The van der Waals surface area contributed by atoms with E-state index in [1.54, 1.807) is 6.08 Å². The third-order valence-electron chi connectivity index (χ3n) is 6.50. The number of nitrogens with one attached hydrogen (secondary N) is 1. The molecule has 0 amide bonds. The number of anilines is 1. The van der Waals surface area contributed by atoms with Gasteiger partial charge in [-0.25, -0.2) is 4.98 Å². The van der Waals surface area contributed by atoms with Gasteiger partial charge < -0.3 is 20.5 Å². The van der Waals surface area contributed by atoms with Crippen LogP contribution >= 0.6 is 0 Å². The van der Waals surface area contributed by atoms with Gasteiger partial charge in [-0.2, -0.15) is 0 Å². The van der Waals surface area contributed by atoms with Crippen molar-refractivity contribution in [1.82, 2.24) is 14.9 Å². The van der Waals surface area contributed by atoms with Gasteiger partial charge in [-0.3, -0.25) is 4.99 Å². The Morgan fingerprint density at radius 2 is 2.00 bits per heavy atom. The van der Waals surface area contributed by atoms with Crippen LogP contribution < -0.4 is 10.6 Å². The van der Waals surface area contributed by atoms with Crippen LogP contribution in [0.2, 0.25) is 0 Å². The minimum absolute atomic E-state index is 0.525. The van der Waals surface area contributed by atoms with Crippen molar-refractivity contribution in [3.8, 4) is 0 Å². The molecule has 2 aliphatic rings. The SMILES string of the molecule is C=C/C=C(C)\C(=C/C)C1=NCC=C(N)C(C(=C)c2cc3c(N4CCN(C)CC4)nccc3[nH]2)=C1. The van der Waals surface area contributed by atoms with Gasteiger partial charge in [0.2, 0.25) is 0 Å². The van der Waals surface area contributed by atoms with Crippen LogP contribution in [-0.2, 0) is 0 Å². The maximum absolute atomic E-state index is 6.48. The molecule has 1 saturated heterocycles. The van der Waals surface area contributed by atoms with Crippen LogP contribution in [0.4, 0.5) is 5.82 Å². The van der Waals surface area contributed by atoms with E-state index in [0.29, 0.717) is 12.2 Å². The van der Waals surface area contributed by atoms with E-state index >= 15 is 0 Å². The molecule has 0 unspecified atom stereocenters. The number of aromatic amines is 1. The van der Waals surface area contributed by atoms with E-state index in [-0.39, 0.29) is 0 Å². The van der Waals surface area contributed by atoms with E-state index < -0.39 is 0 Å². The topological polar surface area (TPSA) is 73.5 Å². The highest BCUT2D eigenvalue weighted by molar-refractivity contribution is 6.14. The average Bonchev–Trinajstić information content (AvgIpc) is 3.18. The Bertz CT molecular complexity index is 1260. The molecule has 0 aromatic carbocycles. The van der Waals surface area contributed by atoms with Crippen LogP contribution in [0.1, 0.15) is 19.5 Å². The van der Waals surface area contributed by atoms with Gasteiger partial charge in [0.05, 0.1) is 17.8 Å². The normalized spacial score (nSPS) is 18.3. The van der Waals surface area contributed by atoms with Crippen molar-refractivity contribution >= 4 is 28.0 Å². The van der Waals surface area contributed by atoms with Gasteiger partial charge in [-0.1, -0.05) is 31.4 Å². The van der Waals surface area contributed by atoms with Gasteiger partial charge in [-0.05, 0) is 56.3 Å². The molecule has 176 valence electrons. The Morgan fingerprint density at radius 3 is 2.71 bits per heavy atom. The molecule has 34 heavy (non-hydrogen) atoms. The molecule has 6 heteroatoms. The highest BCUT2D eigenvalue weighted by Gasteiger charge is 2.20. The highest BCUT2D eigenvalue weighted by atomic mass is 15.3. The van der Waals surface area contributed by atoms with E-state index in [0.717, 1.165) is 76.6 Å². The summed E-state index contributed by atoms with van der Waals surface area (Å²) in [5.41, 5.74) is 13.9. The summed E-state index contributed by atoms with van der Waals surface area (Å²) in [6.45, 7) is 16.9. The lowest BCUT2D eigenvalue weighted by molar-refractivity contribution is 0.312. The van der Waals surface area contributed by atoms with Crippen LogP contribution in [0.5, 0.6) is 0 Å². The van der Waals surface area contributed by atoms with Crippen molar-refractivity contribution in [1.29, 1.82) is 0 Å². The summed E-state index contributed by atoms with van der Waals surface area (Å²) in [5, 5.41) is 1.10. The molecule has 2 aliphatic heterocycles. The Balaban J connectivity index is 1.71. The predicted octanol–water partition coefficient (Wildman–Crippen LogP) is 4.63. The molecule has 4 rings (SSSR count). The van der Waals surface area contributed by atoms with Crippen molar-refractivity contribution < 1.29 is 0 Å². The average molecular weight is 455 g/mol. The lowest BCUT2D eigenvalue weighted by Gasteiger charge is -2.33. The first-order chi connectivity index (χ1) is 16.4. The number of rotatable bonds is 6. The Labute approximate surface area is 202 Å². The van der Waals surface area contributed by atoms with Crippen molar-refractivity contribution in [2.75, 3.05) is 44.7 Å². The van der Waals surface area contributed by atoms with Gasteiger partial charge in [0.25, 0.3) is 0 Å². The minimum Gasteiger partial charge on any atom is -0.398 e. The van der Waals surface area contributed by atoms with Gasteiger partial charge >= 0.3 is 0 Å². The van der Waals surface area contributed by atoms with Crippen molar-refractivity contribution in [3.63, 3.8) is 0 Å². The van der Waals surface area contributed by atoms with Crippen LogP contribution in [0, 0.1) is 0 Å². The number of aromatic nitrogens is 2. The Morgan fingerprint density at radius 1 is 1.24 bits per heavy atom. The molecule has 4 heterocycles. The zero-order chi connectivity index (χ0) is 24.2. The molecule has 0 atom stereocenters. The van der Waals surface area contributed by atoms with E-state index in [1.807, 2.05) is 37.4 Å². The number of pyridine rings is 1. The summed E-state index contributed by atoms with van der Waals surface area (Å²) in [7, 11) is 2.16. The van der Waals surface area contributed by atoms with Gasteiger partial charge in [-0.15, -0.1) is 0 Å². The second-order valence-corrected chi connectivity index (χ2v) is 8.78. The van der Waals surface area contributed by atoms with Gasteiger partial charge in [0.15, 0.2) is 0 Å². The Kier molecular flexibility index (Phi) is 6.98. The highest BCUT2D eigenvalue weighted by Crippen LogP contribution is 2.32. The molecular weight excluding hydrogens is 420 g/mol. The molecule has 0 spiro atoms. The van der Waals surface area contributed by atoms with Crippen molar-refractivity contribution in [2.24, 2.45) is 10.7 Å². The van der Waals surface area contributed by atoms with Crippen LogP contribution in [0.25, 0.3) is 16.5 Å². The second kappa shape index (κ2) is 10.1. The monoisotopic (exact) mass is 454 g/mol. The molecule has 0 aliphatic carbocycles. The largest absolute Gasteiger partial charge is 0.398 e. The van der Waals surface area contributed by atoms with E-state index in [9.17, 15) is 0 Å². The molecule has 2 aromatic rings. The Hall–Kier alpha value is -3.64. The van der Waals surface area contributed by atoms with E-state index in [4.69, 9.17) is 15.7 Å². The molecule has 1 fully saturated rings. The van der Waals surface area contributed by atoms with Crippen molar-refractivity contribution in [2.45, 2.75) is 13.8 Å². The van der Waals surface area contributed by atoms with Crippen LogP contribution in [0.3, 0.4) is 0 Å². The summed E-state index contributed by atoms with van der Waals surface area (Å²) in [6.07, 6.45) is 11.7. The van der Waals surface area contributed by atoms with Crippen LogP contribution in [-0.4, -0.2) is 60.4 Å². The van der Waals surface area contributed by atoms with E-state index in [2.05, 4.69) is 54.1 Å². The van der Waals surface area contributed by atoms with Crippen LogP contribution in [0.15, 0.2) is 89.3 Å². The fourth-order valence-corrected chi connectivity index (χ4v) is 4.50. The lowest BCUT2D eigenvalue weighted by Crippen LogP contribution is -2.44. The fraction of sp³-hybridized carbons (Fsp3) is 0.286. The number of fused-ring (bicyclic) bond motifs is 1. The maximum atomic E-state index is 6.48. The first-order valence-electron chi connectivity index (χ1n) is 11.7. The number of nitrogens with two attached hydrogens (primary N) is 1. The predicted molar refractivity (Wildman–Crippen MR) is 145 cm³/mol. The van der Waals surface area contributed by atoms with Gasteiger partial charge in [0, 0.05) is 60.3 Å². The summed E-state index contributed by atoms with van der Waals surface area (Å²) >= 11 is 0. The molecular formula is C28H34N6. The zero-order valence-electron chi connectivity index (χ0n) is 20.4. The number of likely N-dealkylation sites (N-methyl/N-ethyl adjacent to an activating group) is 1. The van der Waals surface area contributed by atoms with Crippen molar-refractivity contribution in [3.05, 3.63) is 90.0 Å². The molecule has 0 saturated carbocycles. The fourth-order valence-electron chi connectivity index (χ4n) is 4.50. The molecule has 0 radical (unpaired) electrons. The minimum atomic E-state index is 0.525. The maximum Gasteiger partial charge on any atom is 0.138 e. The summed E-state index contributed by atoms with van der Waals surface area (Å²) < 4.78 is 0. The number of nitrogens with zero attached hydrogens (tertiary/aromatic N) is 4. The number of hydrogen-bond donors (Lipinski definition) is 2. The summed E-state index contributed by atoms with van der Waals surface area (Å²) in [6, 6.07) is 4.16. The molecule has 3 N–H and O–H groups in total. The standard InChI is InChI=1S/C28H34N6/c1-6-8-19(3)21(7-2)27-17-22(24(29)9-11-30-27)20(4)26-18-23-25(32-26)10-12-31-28(23)34-15-13-33(5)14-16-34/h6-10,12,17-18,32H,1,4,11,13-16,29H2,2-3,5H3/b19-8-,21-7+. The smallest absolute Gasteiger partial charge is 0.138 e. The zero-order valence-corrected chi connectivity index (χ0v) is 20.4. The van der Waals surface area contributed by atoms with Gasteiger partial charge in [0.1, 0.15) is 5.82 Å². The quantitative estimate of drug-likeness (QED) is 0.624. The number of aliphatic imine (C=N–C) groups is 1. The van der Waals surface area contributed by atoms with E-state index in [1.165, 1.54) is 0 Å².